The molecule has 31 heavy (non-hydrogen) atoms. The first-order valence-electron chi connectivity index (χ1n) is 11.1. The molecule has 0 aliphatic carbocycles. The van der Waals surface area contributed by atoms with E-state index in [1.54, 1.807) is 0 Å². The molecule has 0 aliphatic rings. The Morgan fingerprint density at radius 1 is 0.645 bits per heavy atom. The molecule has 5 aromatic rings. The van der Waals surface area contributed by atoms with Crippen LogP contribution in [0.25, 0.3) is 43.6 Å². The minimum atomic E-state index is 0.143. The summed E-state index contributed by atoms with van der Waals surface area (Å²) in [6.45, 7) is 13.3. The Morgan fingerprint density at radius 2 is 1.29 bits per heavy atom. The molecule has 1 nitrogen and oxygen atoms in total. The summed E-state index contributed by atoms with van der Waals surface area (Å²) < 4.78 is 0. The Morgan fingerprint density at radius 3 is 2.00 bits per heavy atom. The fourth-order valence-electron chi connectivity index (χ4n) is 4.82. The van der Waals surface area contributed by atoms with Crippen LogP contribution >= 0.6 is 0 Å². The van der Waals surface area contributed by atoms with E-state index < -0.39 is 0 Å². The van der Waals surface area contributed by atoms with Crippen LogP contribution in [0.1, 0.15) is 43.0 Å². The van der Waals surface area contributed by atoms with Crippen molar-refractivity contribution in [2.75, 3.05) is 0 Å². The van der Waals surface area contributed by atoms with Crippen LogP contribution < -0.4 is 0 Å². The number of nitrogens with zero attached hydrogens (tertiary/aromatic N) is 1. The summed E-state index contributed by atoms with van der Waals surface area (Å²) >= 11 is 0. The second kappa shape index (κ2) is 6.92. The third-order valence-corrected chi connectivity index (χ3v) is 6.43. The molecule has 0 fully saturated rings. The third kappa shape index (κ3) is 3.29. The Balaban J connectivity index is 1.89. The summed E-state index contributed by atoms with van der Waals surface area (Å²) in [5.41, 5.74) is 7.53. The second-order valence-corrected chi connectivity index (χ2v) is 10.0. The van der Waals surface area contributed by atoms with E-state index in [2.05, 4.69) is 102 Å². The van der Waals surface area contributed by atoms with Gasteiger partial charge in [-0.05, 0) is 76.4 Å². The van der Waals surface area contributed by atoms with Gasteiger partial charge in [-0.25, -0.2) is 0 Å². The lowest BCUT2D eigenvalue weighted by atomic mass is 9.85. The van der Waals surface area contributed by atoms with Crippen LogP contribution in [0.4, 0.5) is 0 Å². The summed E-state index contributed by atoms with van der Waals surface area (Å²) in [5.74, 6) is 0. The molecule has 0 N–H and O–H groups in total. The van der Waals surface area contributed by atoms with E-state index in [4.69, 9.17) is 4.98 Å². The molecule has 1 heterocycles. The summed E-state index contributed by atoms with van der Waals surface area (Å²) in [5, 5.41) is 7.71. The van der Waals surface area contributed by atoms with Gasteiger partial charge in [0.1, 0.15) is 0 Å². The summed E-state index contributed by atoms with van der Waals surface area (Å²) in [7, 11) is 0. The highest BCUT2D eigenvalue weighted by Gasteiger charge is 2.16. The van der Waals surface area contributed by atoms with Crippen LogP contribution in [-0.2, 0) is 5.41 Å². The highest BCUT2D eigenvalue weighted by atomic mass is 14.7. The molecule has 0 saturated carbocycles. The largest absolute Gasteiger partial charge is 0.255 e. The third-order valence-electron chi connectivity index (χ3n) is 6.43. The van der Waals surface area contributed by atoms with Crippen LogP contribution in [0.5, 0.6) is 0 Å². The summed E-state index contributed by atoms with van der Waals surface area (Å²) in [6, 6.07) is 22.8. The SMILES string of the molecule is Cc1cc(C)cc(-c2ncc(C)c3ccc4c5ccc(C(C)(C)C)cc5ccc4c23)c1. The van der Waals surface area contributed by atoms with Crippen LogP contribution in [0.15, 0.2) is 66.9 Å². The van der Waals surface area contributed by atoms with Gasteiger partial charge in [0, 0.05) is 17.1 Å². The molecule has 1 heteroatoms. The van der Waals surface area contributed by atoms with Crippen molar-refractivity contribution in [2.45, 2.75) is 47.0 Å². The molecule has 0 unspecified atom stereocenters. The maximum Gasteiger partial charge on any atom is 0.0786 e. The molecule has 0 atom stereocenters. The molecule has 0 bridgehead atoms. The zero-order chi connectivity index (χ0) is 21.9. The number of hydrogen-bond donors (Lipinski definition) is 0. The number of rotatable bonds is 1. The highest BCUT2D eigenvalue weighted by molar-refractivity contribution is 6.20. The molecule has 0 saturated heterocycles. The summed E-state index contributed by atoms with van der Waals surface area (Å²) in [6.07, 6.45) is 2.01. The van der Waals surface area contributed by atoms with Crippen molar-refractivity contribution in [3.63, 3.8) is 0 Å². The molecule has 0 spiro atoms. The van der Waals surface area contributed by atoms with Crippen molar-refractivity contribution in [2.24, 2.45) is 0 Å². The van der Waals surface area contributed by atoms with Crippen molar-refractivity contribution in [3.8, 4) is 11.3 Å². The van der Waals surface area contributed by atoms with Gasteiger partial charge in [0.05, 0.1) is 5.69 Å². The topological polar surface area (TPSA) is 12.9 Å². The minimum Gasteiger partial charge on any atom is -0.255 e. The van der Waals surface area contributed by atoms with Gasteiger partial charge in [-0.3, -0.25) is 4.98 Å². The van der Waals surface area contributed by atoms with Crippen LogP contribution in [0.3, 0.4) is 0 Å². The fourth-order valence-corrected chi connectivity index (χ4v) is 4.82. The Hall–Kier alpha value is -3.19. The number of hydrogen-bond acceptors (Lipinski definition) is 1. The van der Waals surface area contributed by atoms with Gasteiger partial charge in [0.25, 0.3) is 0 Å². The standard InChI is InChI=1S/C30H29N/c1-18-13-19(2)15-22(14-18)29-28-24(20(3)17-31-29)11-12-26-25-10-8-23(30(4,5)6)16-21(25)7-9-27(26)28/h7-17H,1-6H3. The number of fused-ring (bicyclic) bond motifs is 5. The molecule has 5 rings (SSSR count). The van der Waals surface area contributed by atoms with Crippen LogP contribution in [-0.4, -0.2) is 4.98 Å². The molecule has 154 valence electrons. The average molecular weight is 404 g/mol. The molecule has 0 radical (unpaired) electrons. The first kappa shape index (κ1) is 19.8. The predicted molar refractivity (Wildman–Crippen MR) is 135 cm³/mol. The van der Waals surface area contributed by atoms with E-state index >= 15 is 0 Å². The average Bonchev–Trinajstić information content (AvgIpc) is 2.71. The highest BCUT2D eigenvalue weighted by Crippen LogP contribution is 2.38. The Bertz CT molecular complexity index is 1460. The number of aromatic nitrogens is 1. The van der Waals surface area contributed by atoms with Gasteiger partial charge in [-0.15, -0.1) is 0 Å². The van der Waals surface area contributed by atoms with E-state index in [9.17, 15) is 0 Å². The van der Waals surface area contributed by atoms with Crippen molar-refractivity contribution in [3.05, 3.63) is 89.1 Å². The lowest BCUT2D eigenvalue weighted by Gasteiger charge is -2.20. The van der Waals surface area contributed by atoms with Gasteiger partial charge in [-0.2, -0.15) is 0 Å². The van der Waals surface area contributed by atoms with E-state index in [1.807, 2.05) is 6.20 Å². The smallest absolute Gasteiger partial charge is 0.0786 e. The lowest BCUT2D eigenvalue weighted by Crippen LogP contribution is -2.10. The maximum atomic E-state index is 4.94. The van der Waals surface area contributed by atoms with Crippen molar-refractivity contribution >= 4 is 32.3 Å². The normalized spacial score (nSPS) is 12.2. The van der Waals surface area contributed by atoms with Gasteiger partial charge >= 0.3 is 0 Å². The number of pyridine rings is 1. The van der Waals surface area contributed by atoms with E-state index in [-0.39, 0.29) is 5.41 Å². The van der Waals surface area contributed by atoms with Crippen LogP contribution in [0, 0.1) is 20.8 Å². The van der Waals surface area contributed by atoms with Crippen molar-refractivity contribution < 1.29 is 0 Å². The van der Waals surface area contributed by atoms with E-state index in [0.717, 1.165) is 5.69 Å². The van der Waals surface area contributed by atoms with Gasteiger partial charge in [0.15, 0.2) is 0 Å². The maximum absolute atomic E-state index is 4.94. The fraction of sp³-hybridized carbons (Fsp3) is 0.233. The number of benzene rings is 4. The van der Waals surface area contributed by atoms with E-state index in [0.29, 0.717) is 0 Å². The zero-order valence-corrected chi connectivity index (χ0v) is 19.3. The van der Waals surface area contributed by atoms with Gasteiger partial charge < -0.3 is 0 Å². The molecular weight excluding hydrogens is 374 g/mol. The van der Waals surface area contributed by atoms with Gasteiger partial charge in [0.2, 0.25) is 0 Å². The summed E-state index contributed by atoms with van der Waals surface area (Å²) in [4.78, 5) is 4.94. The Kier molecular flexibility index (Phi) is 4.41. The molecule has 0 amide bonds. The molecule has 0 aliphatic heterocycles. The van der Waals surface area contributed by atoms with Crippen molar-refractivity contribution in [1.82, 2.24) is 4.98 Å². The van der Waals surface area contributed by atoms with Gasteiger partial charge in [-0.1, -0.05) is 80.4 Å². The zero-order valence-electron chi connectivity index (χ0n) is 19.3. The first-order chi connectivity index (χ1) is 14.7. The molecule has 4 aromatic carbocycles. The Labute approximate surface area is 184 Å². The quantitative estimate of drug-likeness (QED) is 0.256. The monoisotopic (exact) mass is 403 g/mol. The first-order valence-corrected chi connectivity index (χ1v) is 11.1. The predicted octanol–water partition coefficient (Wildman–Crippen LogP) is 8.43. The van der Waals surface area contributed by atoms with E-state index in [1.165, 1.54) is 60.1 Å². The second-order valence-electron chi connectivity index (χ2n) is 10.0. The van der Waals surface area contributed by atoms with Crippen LogP contribution in [0.2, 0.25) is 0 Å². The number of aryl methyl sites for hydroxylation is 3. The van der Waals surface area contributed by atoms with Crippen molar-refractivity contribution in [1.29, 1.82) is 0 Å². The molecular formula is C30H29N. The minimum absolute atomic E-state index is 0.143. The molecule has 1 aromatic heterocycles. The lowest BCUT2D eigenvalue weighted by molar-refractivity contribution is 0.591.